The fourth-order valence-electron chi connectivity index (χ4n) is 1.67. The molecule has 2 rings (SSSR count). The number of hydrogen-bond acceptors (Lipinski definition) is 5. The Morgan fingerprint density at radius 1 is 1.33 bits per heavy atom. The number of aromatic amines is 1. The second-order valence-corrected chi connectivity index (χ2v) is 4.32. The van der Waals surface area contributed by atoms with Crippen LogP contribution >= 0.6 is 0 Å². The van der Waals surface area contributed by atoms with Gasteiger partial charge in [0.2, 0.25) is 0 Å². The van der Waals surface area contributed by atoms with Crippen LogP contribution in [-0.4, -0.2) is 32.4 Å². The van der Waals surface area contributed by atoms with E-state index in [2.05, 4.69) is 16.5 Å². The topological polar surface area (TPSA) is 120 Å². The van der Waals surface area contributed by atoms with Crippen LogP contribution < -0.4 is 0 Å². The highest BCUT2D eigenvalue weighted by molar-refractivity contribution is 6.05. The Morgan fingerprint density at radius 3 is 2.38 bits per heavy atom. The van der Waals surface area contributed by atoms with Gasteiger partial charge in [0.1, 0.15) is 5.75 Å². The Labute approximate surface area is 120 Å². The highest BCUT2D eigenvalue weighted by atomic mass is 17.1. The molecule has 1 heterocycles. The first-order valence-corrected chi connectivity index (χ1v) is 5.83. The highest BCUT2D eigenvalue weighted by Gasteiger charge is 2.14. The number of aromatic carboxylic acids is 1. The van der Waals surface area contributed by atoms with E-state index in [1.54, 1.807) is 13.0 Å². The summed E-state index contributed by atoms with van der Waals surface area (Å²) in [6.07, 6.45) is 0. The second kappa shape index (κ2) is 6.58. The van der Waals surface area contributed by atoms with Gasteiger partial charge in [-0.25, -0.2) is 9.59 Å². The van der Waals surface area contributed by atoms with E-state index in [1.807, 2.05) is 0 Å². The molecule has 7 heteroatoms. The molecule has 7 nitrogen and oxygen atoms in total. The third-order valence-electron chi connectivity index (χ3n) is 2.61. The first-order valence-electron chi connectivity index (χ1n) is 5.83. The zero-order valence-electron chi connectivity index (χ0n) is 11.5. The number of carbonyl (C=O) groups is 2. The molecule has 0 fully saturated rings. The summed E-state index contributed by atoms with van der Waals surface area (Å²) in [5.74, 6) is -1.71. The second-order valence-electron chi connectivity index (χ2n) is 4.32. The number of carboxylic acids is 1. The van der Waals surface area contributed by atoms with Gasteiger partial charge in [0, 0.05) is 22.2 Å². The van der Waals surface area contributed by atoms with Gasteiger partial charge >= 0.3 is 11.9 Å². The Morgan fingerprint density at radius 2 is 1.95 bits per heavy atom. The number of hydrogen-bond donors (Lipinski definition) is 4. The minimum Gasteiger partial charge on any atom is -0.508 e. The lowest BCUT2D eigenvalue weighted by molar-refractivity contribution is -0.229. The average molecular weight is 293 g/mol. The van der Waals surface area contributed by atoms with Gasteiger partial charge in [0.15, 0.2) is 0 Å². The Hall–Kier alpha value is -2.80. The number of phenolic OH excluding ortho intramolecular Hbond substituents is 1. The summed E-state index contributed by atoms with van der Waals surface area (Å²) >= 11 is 0. The minimum absolute atomic E-state index is 0.0685. The van der Waals surface area contributed by atoms with Crippen molar-refractivity contribution in [2.24, 2.45) is 0 Å². The maximum absolute atomic E-state index is 10.9. The molecule has 0 aliphatic carbocycles. The van der Waals surface area contributed by atoms with Gasteiger partial charge in [-0.3, -0.25) is 4.89 Å². The van der Waals surface area contributed by atoms with Crippen LogP contribution in [0.25, 0.3) is 10.9 Å². The van der Waals surface area contributed by atoms with E-state index < -0.39 is 11.9 Å². The summed E-state index contributed by atoms with van der Waals surface area (Å²) in [5, 5.41) is 26.3. The van der Waals surface area contributed by atoms with Gasteiger partial charge in [-0.05, 0) is 32.0 Å². The summed E-state index contributed by atoms with van der Waals surface area (Å²) in [6, 6.07) is 4.62. The Bertz CT molecular complexity index is 701. The quantitative estimate of drug-likeness (QED) is 0.383. The van der Waals surface area contributed by atoms with Gasteiger partial charge in [-0.2, -0.15) is 5.26 Å². The number of fused-ring (bicyclic) bond motifs is 1. The van der Waals surface area contributed by atoms with E-state index in [9.17, 15) is 14.7 Å². The molecule has 1 aromatic heterocycles. The number of aromatic hydroxyl groups is 1. The monoisotopic (exact) mass is 293 g/mol. The zero-order chi connectivity index (χ0) is 16.2. The summed E-state index contributed by atoms with van der Waals surface area (Å²) in [7, 11) is 0. The standard InChI is InChI=1S/C10H9NO3.C4H6O3/c1-5-9(10(13)14)7-4-6(12)2-3-8(7)11-5;1-3(2)4(5)7-6/h2-4,11-12H,1H3,(H,13,14);6H,1H2,2H3. The van der Waals surface area contributed by atoms with Crippen LogP contribution in [0.4, 0.5) is 0 Å². The van der Waals surface area contributed by atoms with Crippen molar-refractivity contribution in [3.05, 3.63) is 41.6 Å². The lowest BCUT2D eigenvalue weighted by Crippen LogP contribution is -1.99. The molecule has 0 saturated heterocycles. The highest BCUT2D eigenvalue weighted by Crippen LogP contribution is 2.25. The summed E-state index contributed by atoms with van der Waals surface area (Å²) in [4.78, 5) is 27.1. The van der Waals surface area contributed by atoms with Crippen molar-refractivity contribution < 1.29 is 29.9 Å². The molecule has 1 aromatic carbocycles. The van der Waals surface area contributed by atoms with E-state index in [0.29, 0.717) is 11.1 Å². The number of H-pyrrole nitrogens is 1. The van der Waals surface area contributed by atoms with Crippen molar-refractivity contribution in [1.29, 1.82) is 0 Å². The number of aryl methyl sites for hydroxylation is 1. The molecule has 2 aromatic rings. The third-order valence-corrected chi connectivity index (χ3v) is 2.61. The van der Waals surface area contributed by atoms with Gasteiger partial charge in [-0.1, -0.05) is 6.58 Å². The molecular formula is C14H15NO6. The van der Waals surface area contributed by atoms with E-state index in [0.717, 1.165) is 5.52 Å². The van der Waals surface area contributed by atoms with Crippen molar-refractivity contribution in [3.8, 4) is 5.75 Å². The molecule has 0 bridgehead atoms. The Balaban J connectivity index is 0.000000270. The molecule has 0 radical (unpaired) electrons. The van der Waals surface area contributed by atoms with Crippen LogP contribution in [0.2, 0.25) is 0 Å². The zero-order valence-corrected chi connectivity index (χ0v) is 11.5. The van der Waals surface area contributed by atoms with Crippen LogP contribution in [0, 0.1) is 6.92 Å². The van der Waals surface area contributed by atoms with Gasteiger partial charge in [-0.15, -0.1) is 0 Å². The molecule has 0 aliphatic heterocycles. The number of rotatable bonds is 2. The molecule has 21 heavy (non-hydrogen) atoms. The smallest absolute Gasteiger partial charge is 0.367 e. The third kappa shape index (κ3) is 3.83. The van der Waals surface area contributed by atoms with E-state index in [1.165, 1.54) is 19.1 Å². The fourth-order valence-corrected chi connectivity index (χ4v) is 1.67. The molecular weight excluding hydrogens is 278 g/mol. The van der Waals surface area contributed by atoms with Gasteiger partial charge in [0.25, 0.3) is 0 Å². The van der Waals surface area contributed by atoms with Crippen molar-refractivity contribution >= 4 is 22.8 Å². The van der Waals surface area contributed by atoms with Crippen LogP contribution in [-0.2, 0) is 9.68 Å². The minimum atomic E-state index is -0.987. The fraction of sp³-hybridized carbons (Fsp3) is 0.143. The average Bonchev–Trinajstić information content (AvgIpc) is 2.73. The van der Waals surface area contributed by atoms with Crippen molar-refractivity contribution in [2.45, 2.75) is 13.8 Å². The normalized spacial score (nSPS) is 9.67. The van der Waals surface area contributed by atoms with Crippen LogP contribution in [0.15, 0.2) is 30.4 Å². The van der Waals surface area contributed by atoms with Crippen molar-refractivity contribution in [1.82, 2.24) is 4.98 Å². The van der Waals surface area contributed by atoms with Crippen molar-refractivity contribution in [2.75, 3.05) is 0 Å². The number of carboxylic acid groups (broad SMARTS) is 1. The number of phenols is 1. The van der Waals surface area contributed by atoms with Gasteiger partial charge in [0.05, 0.1) is 5.56 Å². The van der Waals surface area contributed by atoms with E-state index in [4.69, 9.17) is 10.4 Å². The predicted molar refractivity (Wildman–Crippen MR) is 75.2 cm³/mol. The van der Waals surface area contributed by atoms with E-state index >= 15 is 0 Å². The molecule has 0 aliphatic rings. The maximum Gasteiger partial charge on any atom is 0.367 e. The molecule has 4 N–H and O–H groups in total. The number of benzene rings is 1. The number of aromatic nitrogens is 1. The largest absolute Gasteiger partial charge is 0.508 e. The number of carbonyl (C=O) groups excluding carboxylic acids is 1. The first-order chi connectivity index (χ1) is 9.77. The summed E-state index contributed by atoms with van der Waals surface area (Å²) in [6.45, 7) is 6.33. The summed E-state index contributed by atoms with van der Waals surface area (Å²) < 4.78 is 0. The van der Waals surface area contributed by atoms with Crippen LogP contribution in [0.5, 0.6) is 5.75 Å². The lowest BCUT2D eigenvalue weighted by atomic mass is 10.1. The Kier molecular flexibility index (Phi) is 5.09. The molecule has 0 amide bonds. The van der Waals surface area contributed by atoms with Crippen LogP contribution in [0.3, 0.4) is 0 Å². The predicted octanol–water partition coefficient (Wildman–Crippen LogP) is 2.46. The molecule has 0 saturated carbocycles. The van der Waals surface area contributed by atoms with Gasteiger partial charge < -0.3 is 15.2 Å². The summed E-state index contributed by atoms with van der Waals surface area (Å²) in [5.41, 5.74) is 1.72. The van der Waals surface area contributed by atoms with Crippen LogP contribution in [0.1, 0.15) is 23.0 Å². The van der Waals surface area contributed by atoms with E-state index in [-0.39, 0.29) is 16.9 Å². The SMILES string of the molecule is C=C(C)C(=O)OO.Cc1[nH]c2ccc(O)cc2c1C(=O)O. The molecule has 112 valence electrons. The maximum atomic E-state index is 10.9. The van der Waals surface area contributed by atoms with Crippen molar-refractivity contribution in [3.63, 3.8) is 0 Å². The molecule has 0 spiro atoms. The number of nitrogens with one attached hydrogen (secondary N) is 1. The molecule has 0 unspecified atom stereocenters. The lowest BCUT2D eigenvalue weighted by Gasteiger charge is -1.94. The first kappa shape index (κ1) is 16.3. The molecule has 0 atom stereocenters.